The summed E-state index contributed by atoms with van der Waals surface area (Å²) in [7, 11) is 0. The van der Waals surface area contributed by atoms with E-state index in [-0.39, 0.29) is 5.91 Å². The summed E-state index contributed by atoms with van der Waals surface area (Å²) in [6.07, 6.45) is 5.26. The minimum atomic E-state index is -0.179. The molecule has 0 unspecified atom stereocenters. The maximum absolute atomic E-state index is 13.0. The fourth-order valence-electron chi connectivity index (χ4n) is 3.07. The molecule has 0 saturated carbocycles. The van der Waals surface area contributed by atoms with Crippen LogP contribution in [-0.2, 0) is 6.54 Å². The van der Waals surface area contributed by atoms with Crippen molar-refractivity contribution in [2.45, 2.75) is 20.4 Å². The molecule has 0 aliphatic carbocycles. The molecular formula is C21H19N5O. The van der Waals surface area contributed by atoms with Crippen molar-refractivity contribution < 1.29 is 4.79 Å². The number of aromatic nitrogens is 4. The second-order valence-corrected chi connectivity index (χ2v) is 6.25. The molecule has 4 rings (SSSR count). The van der Waals surface area contributed by atoms with Crippen LogP contribution >= 0.6 is 0 Å². The van der Waals surface area contributed by atoms with E-state index >= 15 is 0 Å². The number of rotatable bonds is 4. The molecule has 3 heterocycles. The minimum Gasteiger partial charge on any atom is -0.322 e. The van der Waals surface area contributed by atoms with E-state index in [1.54, 1.807) is 24.5 Å². The van der Waals surface area contributed by atoms with Crippen LogP contribution in [-0.4, -0.2) is 25.7 Å². The molecule has 1 N–H and O–H groups in total. The maximum atomic E-state index is 13.0. The fraction of sp³-hybridized carbons (Fsp3) is 0.143. The molecule has 27 heavy (non-hydrogen) atoms. The number of nitrogens with zero attached hydrogens (tertiary/aromatic N) is 4. The normalized spacial score (nSPS) is 10.9. The number of amides is 1. The number of fused-ring (bicyclic) bond motifs is 1. The zero-order valence-corrected chi connectivity index (χ0v) is 15.2. The average molecular weight is 357 g/mol. The van der Waals surface area contributed by atoms with E-state index in [0.29, 0.717) is 11.3 Å². The largest absolute Gasteiger partial charge is 0.322 e. The van der Waals surface area contributed by atoms with Crippen LogP contribution in [0.2, 0.25) is 0 Å². The van der Waals surface area contributed by atoms with E-state index in [9.17, 15) is 4.79 Å². The van der Waals surface area contributed by atoms with Crippen LogP contribution in [0.15, 0.2) is 61.1 Å². The summed E-state index contributed by atoms with van der Waals surface area (Å²) < 4.78 is 1.87. The zero-order valence-electron chi connectivity index (χ0n) is 15.2. The van der Waals surface area contributed by atoms with Gasteiger partial charge in [0.1, 0.15) is 0 Å². The van der Waals surface area contributed by atoms with Crippen molar-refractivity contribution in [3.05, 3.63) is 72.3 Å². The van der Waals surface area contributed by atoms with Gasteiger partial charge in [0.2, 0.25) is 0 Å². The number of aryl methyl sites for hydroxylation is 2. The van der Waals surface area contributed by atoms with Crippen molar-refractivity contribution in [3.63, 3.8) is 0 Å². The highest BCUT2D eigenvalue weighted by Gasteiger charge is 2.16. The Morgan fingerprint density at radius 3 is 2.67 bits per heavy atom. The Bertz CT molecular complexity index is 1120. The van der Waals surface area contributed by atoms with Gasteiger partial charge in [-0.25, -0.2) is 4.98 Å². The van der Waals surface area contributed by atoms with Crippen LogP contribution in [0.25, 0.3) is 22.2 Å². The molecule has 1 amide bonds. The number of nitrogens with one attached hydrogen (secondary N) is 1. The summed E-state index contributed by atoms with van der Waals surface area (Å²) in [6, 6.07) is 13.0. The third-order valence-electron chi connectivity index (χ3n) is 4.45. The maximum Gasteiger partial charge on any atom is 0.256 e. The molecule has 6 heteroatoms. The summed E-state index contributed by atoms with van der Waals surface area (Å²) in [4.78, 5) is 21.7. The van der Waals surface area contributed by atoms with Gasteiger partial charge in [-0.2, -0.15) is 5.10 Å². The predicted octanol–water partition coefficient (Wildman–Crippen LogP) is 4.07. The number of carbonyl (C=O) groups is 1. The van der Waals surface area contributed by atoms with E-state index in [1.807, 2.05) is 55.1 Å². The molecule has 0 aliphatic rings. The lowest BCUT2D eigenvalue weighted by Gasteiger charge is -2.10. The lowest BCUT2D eigenvalue weighted by Crippen LogP contribution is -2.13. The van der Waals surface area contributed by atoms with Crippen LogP contribution in [0.5, 0.6) is 0 Å². The quantitative estimate of drug-likeness (QED) is 0.597. The summed E-state index contributed by atoms with van der Waals surface area (Å²) >= 11 is 0. The second kappa shape index (κ2) is 6.99. The molecular weight excluding hydrogens is 338 g/mol. The topological polar surface area (TPSA) is 72.7 Å². The highest BCUT2D eigenvalue weighted by molar-refractivity contribution is 6.13. The molecule has 0 radical (unpaired) electrons. The van der Waals surface area contributed by atoms with Crippen LogP contribution in [0.4, 0.5) is 5.69 Å². The van der Waals surface area contributed by atoms with Gasteiger partial charge < -0.3 is 5.32 Å². The number of hydrogen-bond acceptors (Lipinski definition) is 4. The molecule has 0 saturated heterocycles. The molecule has 0 spiro atoms. The number of hydrogen-bond donors (Lipinski definition) is 1. The van der Waals surface area contributed by atoms with Gasteiger partial charge in [0, 0.05) is 41.8 Å². The summed E-state index contributed by atoms with van der Waals surface area (Å²) in [6.45, 7) is 4.77. The summed E-state index contributed by atoms with van der Waals surface area (Å²) in [5.74, 6) is -0.179. The van der Waals surface area contributed by atoms with E-state index < -0.39 is 0 Å². The Kier molecular flexibility index (Phi) is 4.38. The first-order valence-electron chi connectivity index (χ1n) is 8.81. The van der Waals surface area contributed by atoms with E-state index in [4.69, 9.17) is 4.98 Å². The first-order chi connectivity index (χ1) is 13.2. The van der Waals surface area contributed by atoms with Crippen LogP contribution in [0.1, 0.15) is 23.0 Å². The van der Waals surface area contributed by atoms with Gasteiger partial charge in [-0.05, 0) is 38.1 Å². The van der Waals surface area contributed by atoms with Gasteiger partial charge in [-0.3, -0.25) is 14.5 Å². The molecule has 6 nitrogen and oxygen atoms in total. The highest BCUT2D eigenvalue weighted by atomic mass is 16.1. The van der Waals surface area contributed by atoms with Gasteiger partial charge in [-0.15, -0.1) is 0 Å². The predicted molar refractivity (Wildman–Crippen MR) is 106 cm³/mol. The molecule has 0 bridgehead atoms. The number of benzene rings is 1. The average Bonchev–Trinajstić information content (AvgIpc) is 3.08. The third-order valence-corrected chi connectivity index (χ3v) is 4.45. The SMILES string of the molecule is CCn1cc(-c2cc(C(=O)Nc3ccncc3)c3ccccc3n2)c(C)n1. The number of carbonyl (C=O) groups excluding carboxylic acids is 1. The van der Waals surface area contributed by atoms with E-state index in [2.05, 4.69) is 15.4 Å². The lowest BCUT2D eigenvalue weighted by atomic mass is 10.0. The lowest BCUT2D eigenvalue weighted by molar-refractivity contribution is 0.102. The second-order valence-electron chi connectivity index (χ2n) is 6.25. The van der Waals surface area contributed by atoms with Crippen molar-refractivity contribution in [3.8, 4) is 11.3 Å². The Morgan fingerprint density at radius 1 is 1.15 bits per heavy atom. The van der Waals surface area contributed by atoms with Gasteiger partial charge in [-0.1, -0.05) is 18.2 Å². The van der Waals surface area contributed by atoms with Gasteiger partial charge in [0.05, 0.1) is 22.5 Å². The van der Waals surface area contributed by atoms with Crippen LogP contribution in [0, 0.1) is 6.92 Å². The zero-order chi connectivity index (χ0) is 18.8. The molecule has 4 aromatic rings. The molecule has 0 aliphatic heterocycles. The summed E-state index contributed by atoms with van der Waals surface area (Å²) in [5, 5.41) is 8.24. The molecule has 0 fully saturated rings. The van der Waals surface area contributed by atoms with E-state index in [0.717, 1.165) is 34.4 Å². The number of anilines is 1. The Hall–Kier alpha value is -3.54. The smallest absolute Gasteiger partial charge is 0.256 e. The molecule has 3 aromatic heterocycles. The van der Waals surface area contributed by atoms with Gasteiger partial charge in [0.15, 0.2) is 0 Å². The van der Waals surface area contributed by atoms with Gasteiger partial charge in [0.25, 0.3) is 5.91 Å². The minimum absolute atomic E-state index is 0.179. The third kappa shape index (κ3) is 3.29. The Labute approximate surface area is 156 Å². The molecule has 134 valence electrons. The van der Waals surface area contributed by atoms with E-state index in [1.165, 1.54) is 0 Å². The fourth-order valence-corrected chi connectivity index (χ4v) is 3.07. The standard InChI is InChI=1S/C21H19N5O/c1-3-26-13-18(14(2)25-26)20-12-17(16-6-4-5-7-19(16)24-20)21(27)23-15-8-10-22-11-9-15/h4-13H,3H2,1-2H3,(H,22,23,27). The molecule has 0 atom stereocenters. The van der Waals surface area contributed by atoms with Crippen LogP contribution in [0.3, 0.4) is 0 Å². The Morgan fingerprint density at radius 2 is 1.93 bits per heavy atom. The van der Waals surface area contributed by atoms with Crippen molar-refractivity contribution in [1.29, 1.82) is 0 Å². The highest BCUT2D eigenvalue weighted by Crippen LogP contribution is 2.27. The number of para-hydroxylation sites is 1. The van der Waals surface area contributed by atoms with Crippen molar-refractivity contribution in [2.24, 2.45) is 0 Å². The van der Waals surface area contributed by atoms with Crippen molar-refractivity contribution in [1.82, 2.24) is 19.7 Å². The Balaban J connectivity index is 1.83. The van der Waals surface area contributed by atoms with Crippen molar-refractivity contribution in [2.75, 3.05) is 5.32 Å². The number of pyridine rings is 2. The first-order valence-corrected chi connectivity index (χ1v) is 8.81. The van der Waals surface area contributed by atoms with Gasteiger partial charge >= 0.3 is 0 Å². The molecule has 1 aromatic carbocycles. The summed E-state index contributed by atoms with van der Waals surface area (Å²) in [5.41, 5.74) is 4.62. The van der Waals surface area contributed by atoms with Crippen molar-refractivity contribution >= 4 is 22.5 Å². The first kappa shape index (κ1) is 16.9. The monoisotopic (exact) mass is 357 g/mol. The van der Waals surface area contributed by atoms with Crippen LogP contribution < -0.4 is 5.32 Å².